The number of primary amides is 1. The van der Waals surface area contributed by atoms with Gasteiger partial charge >= 0.3 is 6.03 Å². The highest BCUT2D eigenvalue weighted by atomic mass is 35.5. The zero-order valence-corrected chi connectivity index (χ0v) is 18.4. The Morgan fingerprint density at radius 3 is 2.42 bits per heavy atom. The molecule has 2 aromatic carbocycles. The molecule has 1 atom stereocenters. The number of carbonyl (C=O) groups is 1. The molecule has 5 N–H and O–H groups in total. The van der Waals surface area contributed by atoms with Crippen LogP contribution in [-0.4, -0.2) is 36.3 Å². The van der Waals surface area contributed by atoms with Gasteiger partial charge < -0.3 is 15.6 Å². The van der Waals surface area contributed by atoms with Crippen LogP contribution in [0.15, 0.2) is 41.3 Å². The fourth-order valence-electron chi connectivity index (χ4n) is 3.46. The van der Waals surface area contributed by atoms with Crippen molar-refractivity contribution >= 4 is 38.4 Å². The van der Waals surface area contributed by atoms with Gasteiger partial charge in [-0.2, -0.15) is 0 Å². The number of halogens is 4. The molecule has 33 heavy (non-hydrogen) atoms. The Hall–Kier alpha value is -3.09. The number of carbonyl (C=O) groups excluding carboxylic acids is 1. The number of benzene rings is 2. The van der Waals surface area contributed by atoms with Gasteiger partial charge in [0.2, 0.25) is 10.0 Å². The second-order valence-electron chi connectivity index (χ2n) is 7.20. The van der Waals surface area contributed by atoms with E-state index in [9.17, 15) is 31.2 Å². The molecule has 1 heterocycles. The second-order valence-corrected chi connectivity index (χ2v) is 9.33. The third kappa shape index (κ3) is 5.29. The van der Waals surface area contributed by atoms with Gasteiger partial charge in [0.1, 0.15) is 5.82 Å². The first-order valence-electron chi connectivity index (χ1n) is 9.40. The zero-order valence-electron chi connectivity index (χ0n) is 16.8. The molecule has 13 heteroatoms. The van der Waals surface area contributed by atoms with Crippen molar-refractivity contribution in [3.05, 3.63) is 80.5 Å². The Morgan fingerprint density at radius 1 is 1.15 bits per heavy atom. The zero-order chi connectivity index (χ0) is 24.5. The molecular formula is C20H18ClF3N4O4S. The van der Waals surface area contributed by atoms with Crippen LogP contribution in [-0.2, 0) is 22.9 Å². The van der Waals surface area contributed by atoms with Crippen molar-refractivity contribution in [2.75, 3.05) is 6.54 Å². The summed E-state index contributed by atoms with van der Waals surface area (Å²) >= 11 is 5.74. The summed E-state index contributed by atoms with van der Waals surface area (Å²) in [6.45, 7) is -0.300. The van der Waals surface area contributed by atoms with Gasteiger partial charge in [0.15, 0.2) is 17.0 Å². The molecule has 0 unspecified atom stereocenters. The SMILES string of the molecule is NC(=O)N(CCc1c[nH]c(=O)c2c(F)c(F)ccc12)[C@@H](Cc1ccc(F)c(Cl)c1)S(N)(=O)=O. The molecule has 1 aromatic heterocycles. The molecule has 0 saturated heterocycles. The van der Waals surface area contributed by atoms with Crippen LogP contribution in [0, 0.1) is 17.5 Å². The van der Waals surface area contributed by atoms with E-state index in [1.54, 1.807) is 0 Å². The number of hydrogen-bond donors (Lipinski definition) is 3. The van der Waals surface area contributed by atoms with Gasteiger partial charge in [-0.15, -0.1) is 0 Å². The van der Waals surface area contributed by atoms with Crippen molar-refractivity contribution in [2.45, 2.75) is 18.2 Å². The van der Waals surface area contributed by atoms with Crippen molar-refractivity contribution in [2.24, 2.45) is 10.9 Å². The molecular weight excluding hydrogens is 485 g/mol. The molecule has 0 aliphatic rings. The van der Waals surface area contributed by atoms with Gasteiger partial charge in [-0.1, -0.05) is 23.7 Å². The van der Waals surface area contributed by atoms with Crippen molar-refractivity contribution < 1.29 is 26.4 Å². The molecule has 0 bridgehead atoms. The summed E-state index contributed by atoms with van der Waals surface area (Å²) in [6.07, 6.45) is 0.818. The molecule has 0 saturated carbocycles. The number of nitrogens with one attached hydrogen (secondary N) is 1. The minimum atomic E-state index is -4.38. The van der Waals surface area contributed by atoms with E-state index < -0.39 is 49.8 Å². The van der Waals surface area contributed by atoms with Crippen molar-refractivity contribution in [1.29, 1.82) is 0 Å². The van der Waals surface area contributed by atoms with Gasteiger partial charge in [-0.05, 0) is 41.1 Å². The maximum absolute atomic E-state index is 14.1. The van der Waals surface area contributed by atoms with E-state index in [1.165, 1.54) is 24.4 Å². The van der Waals surface area contributed by atoms with E-state index in [-0.39, 0.29) is 35.4 Å². The fourth-order valence-corrected chi connectivity index (χ4v) is 4.65. The molecule has 176 valence electrons. The summed E-state index contributed by atoms with van der Waals surface area (Å²) in [5.41, 5.74) is 5.12. The number of aromatic amines is 1. The minimum Gasteiger partial charge on any atom is -0.351 e. The normalized spacial score (nSPS) is 12.6. The number of hydrogen-bond acceptors (Lipinski definition) is 4. The lowest BCUT2D eigenvalue weighted by atomic mass is 10.0. The van der Waals surface area contributed by atoms with E-state index in [2.05, 4.69) is 4.98 Å². The van der Waals surface area contributed by atoms with Crippen molar-refractivity contribution in [3.8, 4) is 0 Å². The maximum atomic E-state index is 14.1. The molecule has 3 aromatic rings. The number of aromatic nitrogens is 1. The number of sulfonamides is 1. The van der Waals surface area contributed by atoms with Crippen LogP contribution >= 0.6 is 11.6 Å². The Labute approximate surface area is 191 Å². The predicted octanol–water partition coefficient (Wildman–Crippen LogP) is 2.38. The number of urea groups is 1. The average molecular weight is 503 g/mol. The van der Waals surface area contributed by atoms with Gasteiger partial charge in [0.25, 0.3) is 5.56 Å². The molecule has 3 rings (SSSR count). The minimum absolute atomic E-state index is 0.0829. The summed E-state index contributed by atoms with van der Waals surface area (Å²) in [5, 5.41) is 3.02. The standard InChI is InChI=1S/C20H18ClF3N4O4S/c21-13-7-10(1-3-14(13)22)8-16(33(26,31)32)28(20(25)30)6-5-11-9-27-19(29)17-12(11)2-4-15(23)18(17)24/h1-4,7,9,16H,5-6,8H2,(H2,25,30)(H,27,29)(H2,26,31,32)/t16-/m1/s1. The molecule has 2 amide bonds. The van der Waals surface area contributed by atoms with Crippen LogP contribution in [0.4, 0.5) is 18.0 Å². The largest absolute Gasteiger partial charge is 0.351 e. The van der Waals surface area contributed by atoms with Crippen molar-refractivity contribution in [1.82, 2.24) is 9.88 Å². The van der Waals surface area contributed by atoms with Crippen LogP contribution in [0.5, 0.6) is 0 Å². The second kappa shape index (κ2) is 9.41. The highest BCUT2D eigenvalue weighted by molar-refractivity contribution is 7.89. The molecule has 0 radical (unpaired) electrons. The molecule has 0 fully saturated rings. The topological polar surface area (TPSA) is 139 Å². The molecule has 0 spiro atoms. The smallest absolute Gasteiger partial charge is 0.315 e. The van der Waals surface area contributed by atoms with Gasteiger partial charge in [0, 0.05) is 19.2 Å². The lowest BCUT2D eigenvalue weighted by Crippen LogP contribution is -2.51. The highest BCUT2D eigenvalue weighted by Crippen LogP contribution is 2.23. The fraction of sp³-hybridized carbons (Fsp3) is 0.200. The summed E-state index contributed by atoms with van der Waals surface area (Å²) in [4.78, 5) is 27.1. The third-order valence-electron chi connectivity index (χ3n) is 5.07. The average Bonchev–Trinajstić information content (AvgIpc) is 2.72. The maximum Gasteiger partial charge on any atom is 0.315 e. The number of fused-ring (bicyclic) bond motifs is 1. The number of H-pyrrole nitrogens is 1. The number of nitrogens with two attached hydrogens (primary N) is 2. The number of rotatable bonds is 7. The van der Waals surface area contributed by atoms with E-state index in [0.717, 1.165) is 17.0 Å². The van der Waals surface area contributed by atoms with E-state index in [1.807, 2.05) is 0 Å². The Balaban J connectivity index is 1.95. The highest BCUT2D eigenvalue weighted by Gasteiger charge is 2.31. The first-order chi connectivity index (χ1) is 15.4. The lowest BCUT2D eigenvalue weighted by molar-refractivity contribution is 0.201. The quantitative estimate of drug-likeness (QED) is 0.456. The van der Waals surface area contributed by atoms with Crippen LogP contribution in [0.2, 0.25) is 5.02 Å². The number of nitrogens with zero attached hydrogens (tertiary/aromatic N) is 1. The van der Waals surface area contributed by atoms with Crippen molar-refractivity contribution in [3.63, 3.8) is 0 Å². The van der Waals surface area contributed by atoms with Gasteiger partial charge in [-0.25, -0.2) is 31.5 Å². The van der Waals surface area contributed by atoms with Crippen LogP contribution < -0.4 is 16.4 Å². The number of primary sulfonamides is 1. The summed E-state index contributed by atoms with van der Waals surface area (Å²) in [6, 6.07) is 4.44. The first kappa shape index (κ1) is 24.6. The number of amides is 2. The summed E-state index contributed by atoms with van der Waals surface area (Å²) in [7, 11) is -4.38. The first-order valence-corrected chi connectivity index (χ1v) is 11.4. The van der Waals surface area contributed by atoms with E-state index in [0.29, 0.717) is 5.56 Å². The lowest BCUT2D eigenvalue weighted by Gasteiger charge is -2.29. The summed E-state index contributed by atoms with van der Waals surface area (Å²) < 4.78 is 65.7. The number of pyridine rings is 1. The Kier molecular flexibility index (Phi) is 7.00. The third-order valence-corrected chi connectivity index (χ3v) is 6.54. The van der Waals surface area contributed by atoms with E-state index in [4.69, 9.17) is 22.5 Å². The molecule has 0 aliphatic carbocycles. The molecule has 0 aliphatic heterocycles. The van der Waals surface area contributed by atoms with Crippen LogP contribution in [0.25, 0.3) is 10.8 Å². The Morgan fingerprint density at radius 2 is 1.82 bits per heavy atom. The molecule has 8 nitrogen and oxygen atoms in total. The monoisotopic (exact) mass is 502 g/mol. The van der Waals surface area contributed by atoms with Gasteiger partial charge in [0.05, 0.1) is 10.4 Å². The summed E-state index contributed by atoms with van der Waals surface area (Å²) in [5.74, 6) is -3.26. The van der Waals surface area contributed by atoms with Crippen LogP contribution in [0.3, 0.4) is 0 Å². The predicted molar refractivity (Wildman–Crippen MR) is 116 cm³/mol. The van der Waals surface area contributed by atoms with Gasteiger partial charge in [-0.3, -0.25) is 4.79 Å². The Bertz CT molecular complexity index is 1400. The van der Waals surface area contributed by atoms with Crippen LogP contribution in [0.1, 0.15) is 11.1 Å². The van der Waals surface area contributed by atoms with E-state index >= 15 is 0 Å².